The second kappa shape index (κ2) is 3.57. The summed E-state index contributed by atoms with van der Waals surface area (Å²) in [5.41, 5.74) is 0.870. The van der Waals surface area contributed by atoms with E-state index in [9.17, 15) is 8.42 Å². The molecule has 1 aliphatic heterocycles. The van der Waals surface area contributed by atoms with Gasteiger partial charge >= 0.3 is 0 Å². The molecule has 2 rings (SSSR count). The van der Waals surface area contributed by atoms with Crippen molar-refractivity contribution in [3.63, 3.8) is 0 Å². The third kappa shape index (κ3) is 2.23. The summed E-state index contributed by atoms with van der Waals surface area (Å²) >= 11 is 0. The van der Waals surface area contributed by atoms with Crippen molar-refractivity contribution < 1.29 is 12.8 Å². The monoisotopic (exact) mass is 213 g/mol. The molecule has 1 atom stereocenters. The molecule has 76 valence electrons. The first-order valence-corrected chi connectivity index (χ1v) is 6.24. The minimum Gasteiger partial charge on any atom is -0.472 e. The molecule has 1 fully saturated rings. The number of aliphatic imine (C=N–C) groups is 1. The molecule has 0 aliphatic carbocycles. The van der Waals surface area contributed by atoms with E-state index in [0.29, 0.717) is 6.42 Å². The zero-order valence-electron chi connectivity index (χ0n) is 7.59. The van der Waals surface area contributed by atoms with Gasteiger partial charge in [-0.1, -0.05) is 0 Å². The van der Waals surface area contributed by atoms with Gasteiger partial charge in [-0.3, -0.25) is 4.99 Å². The van der Waals surface area contributed by atoms with Gasteiger partial charge in [-0.25, -0.2) is 8.42 Å². The Morgan fingerprint density at radius 1 is 1.57 bits per heavy atom. The van der Waals surface area contributed by atoms with Crippen LogP contribution in [0.15, 0.2) is 28.0 Å². The molecule has 0 saturated carbocycles. The highest BCUT2D eigenvalue weighted by Crippen LogP contribution is 2.14. The zero-order valence-corrected chi connectivity index (χ0v) is 8.40. The molecule has 1 aromatic heterocycles. The molecule has 1 unspecified atom stereocenters. The third-order valence-electron chi connectivity index (χ3n) is 2.19. The van der Waals surface area contributed by atoms with Gasteiger partial charge in [0.15, 0.2) is 9.84 Å². The fraction of sp³-hybridized carbons (Fsp3) is 0.444. The Labute approximate surface area is 82.6 Å². The van der Waals surface area contributed by atoms with Crippen LogP contribution in [0.2, 0.25) is 0 Å². The number of hydrogen-bond acceptors (Lipinski definition) is 4. The van der Waals surface area contributed by atoms with Crippen LogP contribution in [0.5, 0.6) is 0 Å². The predicted octanol–water partition coefficient (Wildman–Crippen LogP) is 0.886. The van der Waals surface area contributed by atoms with Crippen molar-refractivity contribution in [2.24, 2.45) is 4.99 Å². The van der Waals surface area contributed by atoms with Crippen molar-refractivity contribution in [1.82, 2.24) is 0 Å². The SMILES string of the molecule is O=S1(=O)CCC(N=Cc2ccoc2)C1. The first kappa shape index (κ1) is 9.45. The van der Waals surface area contributed by atoms with Gasteiger partial charge in [-0.2, -0.15) is 0 Å². The topological polar surface area (TPSA) is 59.6 Å². The number of sulfone groups is 1. The number of rotatable bonds is 2. The molecule has 0 bridgehead atoms. The largest absolute Gasteiger partial charge is 0.472 e. The summed E-state index contributed by atoms with van der Waals surface area (Å²) in [6.45, 7) is 0. The maximum absolute atomic E-state index is 11.1. The Morgan fingerprint density at radius 2 is 2.43 bits per heavy atom. The molecular formula is C9H11NO3S. The van der Waals surface area contributed by atoms with Crippen molar-refractivity contribution in [1.29, 1.82) is 0 Å². The molecule has 0 N–H and O–H groups in total. The molecule has 1 aromatic rings. The van der Waals surface area contributed by atoms with E-state index < -0.39 is 9.84 Å². The smallest absolute Gasteiger partial charge is 0.152 e. The predicted molar refractivity (Wildman–Crippen MR) is 53.4 cm³/mol. The maximum atomic E-state index is 11.1. The van der Waals surface area contributed by atoms with Gasteiger partial charge in [-0.05, 0) is 12.5 Å². The maximum Gasteiger partial charge on any atom is 0.152 e. The van der Waals surface area contributed by atoms with E-state index in [-0.39, 0.29) is 17.5 Å². The number of nitrogens with zero attached hydrogens (tertiary/aromatic N) is 1. The van der Waals surface area contributed by atoms with Crippen LogP contribution in [-0.4, -0.2) is 32.2 Å². The lowest BCUT2D eigenvalue weighted by Gasteiger charge is -1.97. The van der Waals surface area contributed by atoms with Gasteiger partial charge in [0, 0.05) is 11.8 Å². The van der Waals surface area contributed by atoms with Crippen LogP contribution in [0.1, 0.15) is 12.0 Å². The Balaban J connectivity index is 2.00. The molecule has 4 nitrogen and oxygen atoms in total. The fourth-order valence-electron chi connectivity index (χ4n) is 1.43. The molecule has 0 radical (unpaired) electrons. The second-order valence-corrected chi connectivity index (χ2v) is 5.62. The Hall–Kier alpha value is -1.10. The number of hydrogen-bond donors (Lipinski definition) is 0. The van der Waals surface area contributed by atoms with Gasteiger partial charge in [-0.15, -0.1) is 0 Å². The average Bonchev–Trinajstić information content (AvgIpc) is 2.70. The number of furan rings is 1. The lowest BCUT2D eigenvalue weighted by molar-refractivity contribution is 0.567. The van der Waals surface area contributed by atoms with Crippen LogP contribution in [0.4, 0.5) is 0 Å². The van der Waals surface area contributed by atoms with Crippen molar-refractivity contribution in [2.75, 3.05) is 11.5 Å². The van der Waals surface area contributed by atoms with Crippen molar-refractivity contribution in [3.8, 4) is 0 Å². The summed E-state index contributed by atoms with van der Waals surface area (Å²) < 4.78 is 27.1. The molecule has 0 spiro atoms. The van der Waals surface area contributed by atoms with E-state index in [1.54, 1.807) is 24.8 Å². The Bertz CT molecular complexity index is 419. The van der Waals surface area contributed by atoms with Crippen LogP contribution in [-0.2, 0) is 9.84 Å². The van der Waals surface area contributed by atoms with Crippen LogP contribution < -0.4 is 0 Å². The average molecular weight is 213 g/mol. The van der Waals surface area contributed by atoms with Crippen molar-refractivity contribution >= 4 is 16.1 Å². The van der Waals surface area contributed by atoms with Crippen LogP contribution in [0, 0.1) is 0 Å². The summed E-state index contributed by atoms with van der Waals surface area (Å²) in [7, 11) is -2.82. The highest BCUT2D eigenvalue weighted by molar-refractivity contribution is 7.91. The fourth-order valence-corrected chi connectivity index (χ4v) is 3.07. The summed E-state index contributed by atoms with van der Waals surface area (Å²) in [5, 5.41) is 0. The molecule has 1 aliphatic rings. The third-order valence-corrected chi connectivity index (χ3v) is 3.94. The quantitative estimate of drug-likeness (QED) is 0.685. The highest BCUT2D eigenvalue weighted by Gasteiger charge is 2.26. The first-order valence-electron chi connectivity index (χ1n) is 4.41. The van der Waals surface area contributed by atoms with E-state index in [0.717, 1.165) is 5.56 Å². The van der Waals surface area contributed by atoms with E-state index >= 15 is 0 Å². The minimum absolute atomic E-state index is 0.0742. The zero-order chi connectivity index (χ0) is 10.0. The minimum atomic E-state index is -2.82. The van der Waals surface area contributed by atoms with Crippen LogP contribution >= 0.6 is 0 Å². The van der Waals surface area contributed by atoms with Gasteiger partial charge in [0.1, 0.15) is 0 Å². The van der Waals surface area contributed by atoms with Gasteiger partial charge < -0.3 is 4.42 Å². The molecule has 0 aromatic carbocycles. The Kier molecular flexibility index (Phi) is 2.41. The molecule has 5 heteroatoms. The van der Waals surface area contributed by atoms with Gasteiger partial charge in [0.25, 0.3) is 0 Å². The van der Waals surface area contributed by atoms with E-state index in [1.807, 2.05) is 0 Å². The van der Waals surface area contributed by atoms with Crippen LogP contribution in [0.25, 0.3) is 0 Å². The molecular weight excluding hydrogens is 202 g/mol. The van der Waals surface area contributed by atoms with E-state index in [1.165, 1.54) is 0 Å². The van der Waals surface area contributed by atoms with E-state index in [2.05, 4.69) is 4.99 Å². The molecule has 2 heterocycles. The molecule has 14 heavy (non-hydrogen) atoms. The summed E-state index contributed by atoms with van der Waals surface area (Å²) in [5.74, 6) is 0.446. The summed E-state index contributed by atoms with van der Waals surface area (Å²) in [6.07, 6.45) is 5.44. The Morgan fingerprint density at radius 3 is 3.00 bits per heavy atom. The normalized spacial score (nSPS) is 25.9. The standard InChI is InChI=1S/C9H11NO3S/c11-14(12)4-2-9(7-14)10-5-8-1-3-13-6-8/h1,3,5-6,9H,2,4,7H2. The highest BCUT2D eigenvalue weighted by atomic mass is 32.2. The summed E-state index contributed by atoms with van der Waals surface area (Å²) in [6, 6.07) is 1.71. The van der Waals surface area contributed by atoms with Gasteiger partial charge in [0.05, 0.1) is 30.1 Å². The van der Waals surface area contributed by atoms with Crippen LogP contribution in [0.3, 0.4) is 0 Å². The van der Waals surface area contributed by atoms with E-state index in [4.69, 9.17) is 4.42 Å². The molecule has 1 saturated heterocycles. The van der Waals surface area contributed by atoms with Crippen molar-refractivity contribution in [2.45, 2.75) is 12.5 Å². The molecule has 0 amide bonds. The lowest BCUT2D eigenvalue weighted by atomic mass is 10.3. The van der Waals surface area contributed by atoms with Gasteiger partial charge in [0.2, 0.25) is 0 Å². The summed E-state index contributed by atoms with van der Waals surface area (Å²) in [4.78, 5) is 4.20. The van der Waals surface area contributed by atoms with Crippen molar-refractivity contribution in [3.05, 3.63) is 24.2 Å². The lowest BCUT2D eigenvalue weighted by Crippen LogP contribution is -2.07. The first-order chi connectivity index (χ1) is 6.66. The second-order valence-electron chi connectivity index (χ2n) is 3.39.